The first kappa shape index (κ1) is 20.1. The molecular weight excluding hydrogens is 288 g/mol. The summed E-state index contributed by atoms with van der Waals surface area (Å²) < 4.78 is 0. The third-order valence-electron chi connectivity index (χ3n) is 5.26. The van der Waals surface area contributed by atoms with Crippen LogP contribution in [0, 0.1) is 11.3 Å². The number of aliphatic hydroxyl groups excluding tert-OH is 3. The molecule has 3 nitrogen and oxygen atoms in total. The molecule has 0 saturated heterocycles. The van der Waals surface area contributed by atoms with Gasteiger partial charge in [-0.05, 0) is 57.3 Å². The van der Waals surface area contributed by atoms with Gasteiger partial charge < -0.3 is 15.3 Å². The molecule has 0 spiro atoms. The Morgan fingerprint density at radius 3 is 2.61 bits per heavy atom. The molecule has 1 unspecified atom stereocenters. The molecule has 0 aromatic carbocycles. The molecule has 132 valence electrons. The van der Waals surface area contributed by atoms with Crippen molar-refractivity contribution in [3.05, 3.63) is 35.5 Å². The predicted octanol–water partition coefficient (Wildman–Crippen LogP) is 3.76. The fourth-order valence-corrected chi connectivity index (χ4v) is 3.61. The first-order valence-electron chi connectivity index (χ1n) is 8.66. The molecule has 0 aliphatic heterocycles. The summed E-state index contributed by atoms with van der Waals surface area (Å²) in [5.41, 5.74) is 3.27. The normalized spacial score (nSPS) is 27.2. The molecule has 1 aliphatic rings. The van der Waals surface area contributed by atoms with Crippen molar-refractivity contribution in [3.63, 3.8) is 0 Å². The van der Waals surface area contributed by atoms with E-state index < -0.39 is 6.10 Å². The topological polar surface area (TPSA) is 60.7 Å². The number of allylic oxidation sites excluding steroid dienone is 2. The summed E-state index contributed by atoms with van der Waals surface area (Å²) in [4.78, 5) is 0. The SMILES string of the molecule is C=C1CC[C@@H](O)C(C)(C)[C@H]1CC/C(C)=C/C(O)C/C(C)=C/CO. The van der Waals surface area contributed by atoms with E-state index in [1.807, 2.05) is 19.9 Å². The number of hydrogen-bond donors (Lipinski definition) is 3. The Bertz CT molecular complexity index is 460. The molecule has 3 atom stereocenters. The van der Waals surface area contributed by atoms with Crippen LogP contribution in [0.15, 0.2) is 35.5 Å². The van der Waals surface area contributed by atoms with Crippen LogP contribution in [-0.4, -0.2) is 34.1 Å². The zero-order chi connectivity index (χ0) is 17.6. The third-order valence-corrected chi connectivity index (χ3v) is 5.26. The van der Waals surface area contributed by atoms with Gasteiger partial charge in [0, 0.05) is 0 Å². The average molecular weight is 322 g/mol. The molecule has 0 radical (unpaired) electrons. The molecule has 23 heavy (non-hydrogen) atoms. The van der Waals surface area contributed by atoms with Gasteiger partial charge in [0.25, 0.3) is 0 Å². The number of aliphatic hydroxyl groups is 3. The lowest BCUT2D eigenvalue weighted by Crippen LogP contribution is -2.41. The Hall–Kier alpha value is -0.900. The average Bonchev–Trinajstić information content (AvgIpc) is 2.43. The summed E-state index contributed by atoms with van der Waals surface area (Å²) in [6.45, 7) is 12.4. The van der Waals surface area contributed by atoms with Crippen molar-refractivity contribution in [3.8, 4) is 0 Å². The van der Waals surface area contributed by atoms with E-state index in [2.05, 4.69) is 20.4 Å². The lowest BCUT2D eigenvalue weighted by atomic mass is 9.63. The molecule has 3 N–H and O–H groups in total. The van der Waals surface area contributed by atoms with Crippen LogP contribution in [0.25, 0.3) is 0 Å². The Morgan fingerprint density at radius 2 is 2.00 bits per heavy atom. The van der Waals surface area contributed by atoms with Gasteiger partial charge in [-0.1, -0.05) is 49.3 Å². The van der Waals surface area contributed by atoms with Gasteiger partial charge in [0.15, 0.2) is 0 Å². The van der Waals surface area contributed by atoms with Crippen molar-refractivity contribution in [1.82, 2.24) is 0 Å². The van der Waals surface area contributed by atoms with E-state index in [9.17, 15) is 10.2 Å². The second-order valence-electron chi connectivity index (χ2n) is 7.64. The first-order chi connectivity index (χ1) is 10.7. The van der Waals surface area contributed by atoms with E-state index in [4.69, 9.17) is 5.11 Å². The van der Waals surface area contributed by atoms with Crippen LogP contribution >= 0.6 is 0 Å². The van der Waals surface area contributed by atoms with E-state index in [-0.39, 0.29) is 18.1 Å². The maximum absolute atomic E-state index is 10.3. The van der Waals surface area contributed by atoms with Gasteiger partial charge in [-0.15, -0.1) is 0 Å². The van der Waals surface area contributed by atoms with Gasteiger partial charge in [-0.2, -0.15) is 0 Å². The van der Waals surface area contributed by atoms with Crippen LogP contribution in [0.4, 0.5) is 0 Å². The molecule has 0 amide bonds. The maximum Gasteiger partial charge on any atom is 0.0760 e. The molecular formula is C20H34O3. The highest BCUT2D eigenvalue weighted by Gasteiger charge is 2.40. The van der Waals surface area contributed by atoms with Crippen LogP contribution in [0.1, 0.15) is 59.8 Å². The summed E-state index contributed by atoms with van der Waals surface area (Å²) in [7, 11) is 0. The summed E-state index contributed by atoms with van der Waals surface area (Å²) in [5, 5.41) is 29.2. The molecule has 1 fully saturated rings. The van der Waals surface area contributed by atoms with Crippen LogP contribution in [0.5, 0.6) is 0 Å². The number of hydrogen-bond acceptors (Lipinski definition) is 3. The lowest BCUT2D eigenvalue weighted by Gasteiger charge is -2.44. The highest BCUT2D eigenvalue weighted by atomic mass is 16.3. The zero-order valence-electron chi connectivity index (χ0n) is 15.2. The summed E-state index contributed by atoms with van der Waals surface area (Å²) in [6, 6.07) is 0. The molecule has 1 rings (SSSR count). The van der Waals surface area contributed by atoms with E-state index in [0.717, 1.165) is 36.8 Å². The van der Waals surface area contributed by atoms with Crippen LogP contribution < -0.4 is 0 Å². The molecule has 0 aromatic heterocycles. The van der Waals surface area contributed by atoms with Gasteiger partial charge in [0.05, 0.1) is 18.8 Å². The summed E-state index contributed by atoms with van der Waals surface area (Å²) >= 11 is 0. The smallest absolute Gasteiger partial charge is 0.0760 e. The van der Waals surface area contributed by atoms with Gasteiger partial charge in [0.2, 0.25) is 0 Å². The second-order valence-corrected chi connectivity index (χ2v) is 7.64. The van der Waals surface area contributed by atoms with Crippen molar-refractivity contribution < 1.29 is 15.3 Å². The van der Waals surface area contributed by atoms with Crippen molar-refractivity contribution in [2.24, 2.45) is 11.3 Å². The van der Waals surface area contributed by atoms with Gasteiger partial charge >= 0.3 is 0 Å². The van der Waals surface area contributed by atoms with Crippen LogP contribution in [-0.2, 0) is 0 Å². The van der Waals surface area contributed by atoms with Crippen molar-refractivity contribution in [2.45, 2.75) is 72.0 Å². The minimum Gasteiger partial charge on any atom is -0.393 e. The highest BCUT2D eigenvalue weighted by molar-refractivity contribution is 5.14. The predicted molar refractivity (Wildman–Crippen MR) is 96.1 cm³/mol. The second kappa shape index (κ2) is 8.81. The van der Waals surface area contributed by atoms with Gasteiger partial charge in [-0.3, -0.25) is 0 Å². The van der Waals surface area contributed by atoms with E-state index in [1.54, 1.807) is 6.08 Å². The Balaban J connectivity index is 2.60. The lowest BCUT2D eigenvalue weighted by molar-refractivity contribution is -0.00882. The minimum atomic E-state index is -0.508. The van der Waals surface area contributed by atoms with Crippen LogP contribution in [0.2, 0.25) is 0 Å². The van der Waals surface area contributed by atoms with Crippen LogP contribution in [0.3, 0.4) is 0 Å². The molecule has 0 heterocycles. The largest absolute Gasteiger partial charge is 0.393 e. The Kier molecular flexibility index (Phi) is 7.72. The molecule has 3 heteroatoms. The summed E-state index contributed by atoms with van der Waals surface area (Å²) in [5.74, 6) is 0.322. The fourth-order valence-electron chi connectivity index (χ4n) is 3.61. The van der Waals surface area contributed by atoms with Crippen molar-refractivity contribution in [2.75, 3.05) is 6.61 Å². The monoisotopic (exact) mass is 322 g/mol. The molecule has 0 bridgehead atoms. The molecule has 1 aliphatic carbocycles. The number of rotatable bonds is 7. The zero-order valence-corrected chi connectivity index (χ0v) is 15.2. The maximum atomic E-state index is 10.3. The third kappa shape index (κ3) is 5.91. The van der Waals surface area contributed by atoms with Gasteiger partial charge in [-0.25, -0.2) is 0 Å². The molecule has 0 aromatic rings. The van der Waals surface area contributed by atoms with Crippen molar-refractivity contribution >= 4 is 0 Å². The van der Waals surface area contributed by atoms with Gasteiger partial charge in [0.1, 0.15) is 0 Å². The fraction of sp³-hybridized carbons (Fsp3) is 0.700. The Morgan fingerprint density at radius 1 is 1.35 bits per heavy atom. The highest BCUT2D eigenvalue weighted by Crippen LogP contribution is 2.45. The van der Waals surface area contributed by atoms with E-state index in [0.29, 0.717) is 12.3 Å². The Labute approximate surface area is 141 Å². The quantitative estimate of drug-likeness (QED) is 0.626. The van der Waals surface area contributed by atoms with Crippen molar-refractivity contribution in [1.29, 1.82) is 0 Å². The first-order valence-corrected chi connectivity index (χ1v) is 8.66. The van der Waals surface area contributed by atoms with E-state index in [1.165, 1.54) is 5.57 Å². The minimum absolute atomic E-state index is 0.0163. The molecule has 1 saturated carbocycles. The van der Waals surface area contributed by atoms with E-state index >= 15 is 0 Å². The standard InChI is InChI=1S/C20H34O3/c1-14(12-17(22)13-15(2)10-11-21)6-8-18-16(3)7-9-19(23)20(18,4)5/h10,12,17-19,21-23H,3,6-9,11,13H2,1-2,4-5H3/b14-12+,15-10+/t17?,18-,19+/m0/s1. The summed E-state index contributed by atoms with van der Waals surface area (Å²) in [6.07, 6.45) is 7.00.